The fraction of sp³-hybridized carbons (Fsp3) is 0.542. The number of benzene rings is 1. The lowest BCUT2D eigenvalue weighted by atomic mass is 10.1. The Balaban J connectivity index is 2.10. The minimum atomic E-state index is -0.682. The molecule has 7 nitrogen and oxygen atoms in total. The number of esters is 2. The Morgan fingerprint density at radius 3 is 2.42 bits per heavy atom. The molecule has 0 unspecified atom stereocenters. The number of nitrogens with zero attached hydrogens (tertiary/aromatic N) is 1. The average Bonchev–Trinajstić information content (AvgIpc) is 3.15. The highest BCUT2D eigenvalue weighted by atomic mass is 16.6. The molecular formula is C24H33NO6. The standard InChI is InChI=1S/C24H33NO6/c1-17(21(26)29-5)10-9-13-19-14-15-20(22(27)31-24(2,3)4)25(19)23(28)30-16-18-11-7-6-8-12-18/h6-8,10-12,19-20H,9,13-16H2,1-5H3/b17-10-/t19-,20+/m1/s1. The summed E-state index contributed by atoms with van der Waals surface area (Å²) in [6.07, 6.45) is 3.62. The number of allylic oxidation sites excluding steroid dienone is 1. The molecule has 1 heterocycles. The van der Waals surface area contributed by atoms with Crippen LogP contribution in [0.2, 0.25) is 0 Å². The minimum absolute atomic E-state index is 0.130. The maximum atomic E-state index is 13.0. The number of rotatable bonds is 7. The van der Waals surface area contributed by atoms with Gasteiger partial charge in [0, 0.05) is 11.6 Å². The van der Waals surface area contributed by atoms with Crippen LogP contribution in [0.4, 0.5) is 4.79 Å². The maximum absolute atomic E-state index is 13.0. The van der Waals surface area contributed by atoms with Crippen molar-refractivity contribution in [2.75, 3.05) is 7.11 Å². The summed E-state index contributed by atoms with van der Waals surface area (Å²) in [5.74, 6) is -0.801. The molecule has 0 bridgehead atoms. The Hall–Kier alpha value is -2.83. The van der Waals surface area contributed by atoms with Gasteiger partial charge < -0.3 is 14.2 Å². The molecule has 1 amide bonds. The zero-order valence-electron chi connectivity index (χ0n) is 19.1. The predicted octanol–water partition coefficient (Wildman–Crippen LogP) is 4.40. The largest absolute Gasteiger partial charge is 0.466 e. The topological polar surface area (TPSA) is 82.1 Å². The number of amides is 1. The van der Waals surface area contributed by atoms with E-state index in [1.165, 1.54) is 12.0 Å². The molecule has 2 atom stereocenters. The van der Waals surface area contributed by atoms with Crippen LogP contribution in [-0.4, -0.2) is 47.7 Å². The molecule has 170 valence electrons. The van der Waals surface area contributed by atoms with Crippen molar-refractivity contribution in [1.82, 2.24) is 4.90 Å². The molecule has 0 radical (unpaired) electrons. The number of ether oxygens (including phenoxy) is 3. The van der Waals surface area contributed by atoms with Crippen molar-refractivity contribution >= 4 is 18.0 Å². The molecule has 31 heavy (non-hydrogen) atoms. The summed E-state index contributed by atoms with van der Waals surface area (Å²) in [7, 11) is 1.34. The number of methoxy groups -OCH3 is 1. The van der Waals surface area contributed by atoms with Gasteiger partial charge in [-0.2, -0.15) is 0 Å². The van der Waals surface area contributed by atoms with Gasteiger partial charge in [-0.1, -0.05) is 36.4 Å². The summed E-state index contributed by atoms with van der Waals surface area (Å²) in [4.78, 5) is 38.8. The van der Waals surface area contributed by atoms with Crippen molar-refractivity contribution in [3.63, 3.8) is 0 Å². The lowest BCUT2D eigenvalue weighted by Gasteiger charge is -2.30. The second-order valence-electron chi connectivity index (χ2n) is 8.68. The van der Waals surface area contributed by atoms with E-state index in [1.54, 1.807) is 33.8 Å². The van der Waals surface area contributed by atoms with Crippen molar-refractivity contribution in [2.45, 2.75) is 77.7 Å². The van der Waals surface area contributed by atoms with Crippen LogP contribution in [0.15, 0.2) is 42.0 Å². The average molecular weight is 432 g/mol. The van der Waals surface area contributed by atoms with Crippen LogP contribution < -0.4 is 0 Å². The van der Waals surface area contributed by atoms with Gasteiger partial charge in [-0.3, -0.25) is 4.90 Å². The highest BCUT2D eigenvalue weighted by molar-refractivity contribution is 5.87. The fourth-order valence-electron chi connectivity index (χ4n) is 3.57. The Morgan fingerprint density at radius 2 is 1.81 bits per heavy atom. The van der Waals surface area contributed by atoms with E-state index in [4.69, 9.17) is 14.2 Å². The highest BCUT2D eigenvalue weighted by Crippen LogP contribution is 2.30. The zero-order chi connectivity index (χ0) is 23.0. The van der Waals surface area contributed by atoms with E-state index < -0.39 is 23.7 Å². The third-order valence-electron chi connectivity index (χ3n) is 5.06. The molecule has 1 aromatic carbocycles. The van der Waals surface area contributed by atoms with Crippen LogP contribution in [-0.2, 0) is 30.4 Å². The van der Waals surface area contributed by atoms with E-state index in [0.29, 0.717) is 31.3 Å². The van der Waals surface area contributed by atoms with Gasteiger partial charge in [0.25, 0.3) is 0 Å². The Labute approximate surface area is 184 Å². The molecule has 1 aliphatic rings. The van der Waals surface area contributed by atoms with Gasteiger partial charge in [0.2, 0.25) is 0 Å². The molecule has 1 aromatic rings. The lowest BCUT2D eigenvalue weighted by molar-refractivity contribution is -0.160. The Kier molecular flexibility index (Phi) is 8.65. The number of likely N-dealkylation sites (tertiary alicyclic amines) is 1. The molecule has 0 aromatic heterocycles. The Morgan fingerprint density at radius 1 is 1.13 bits per heavy atom. The maximum Gasteiger partial charge on any atom is 0.411 e. The third-order valence-corrected chi connectivity index (χ3v) is 5.06. The summed E-state index contributed by atoms with van der Waals surface area (Å²) in [6.45, 7) is 7.22. The van der Waals surface area contributed by atoms with Crippen LogP contribution in [0, 0.1) is 0 Å². The minimum Gasteiger partial charge on any atom is -0.466 e. The van der Waals surface area contributed by atoms with E-state index in [2.05, 4.69) is 0 Å². The summed E-state index contributed by atoms with van der Waals surface area (Å²) in [5, 5.41) is 0. The first-order valence-corrected chi connectivity index (χ1v) is 10.6. The molecular weight excluding hydrogens is 398 g/mol. The summed E-state index contributed by atoms with van der Waals surface area (Å²) in [5.41, 5.74) is 0.745. The fourth-order valence-corrected chi connectivity index (χ4v) is 3.57. The monoisotopic (exact) mass is 431 g/mol. The van der Waals surface area contributed by atoms with Crippen molar-refractivity contribution in [1.29, 1.82) is 0 Å². The molecule has 1 fully saturated rings. The molecule has 0 N–H and O–H groups in total. The van der Waals surface area contributed by atoms with Gasteiger partial charge in [-0.15, -0.1) is 0 Å². The summed E-state index contributed by atoms with van der Waals surface area (Å²) >= 11 is 0. The van der Waals surface area contributed by atoms with Crippen molar-refractivity contribution in [3.05, 3.63) is 47.5 Å². The first-order chi connectivity index (χ1) is 14.6. The van der Waals surface area contributed by atoms with Gasteiger partial charge in [0.1, 0.15) is 18.2 Å². The normalized spacial score (nSPS) is 19.1. The lowest BCUT2D eigenvalue weighted by Crippen LogP contribution is -2.47. The highest BCUT2D eigenvalue weighted by Gasteiger charge is 2.43. The Bertz CT molecular complexity index is 796. The molecule has 0 saturated carbocycles. The number of carbonyl (C=O) groups excluding carboxylic acids is 3. The second-order valence-corrected chi connectivity index (χ2v) is 8.68. The number of hydrogen-bond acceptors (Lipinski definition) is 6. The van der Waals surface area contributed by atoms with Crippen molar-refractivity contribution < 1.29 is 28.6 Å². The summed E-state index contributed by atoms with van der Waals surface area (Å²) in [6, 6.07) is 8.54. The molecule has 0 spiro atoms. The third kappa shape index (κ3) is 7.42. The molecule has 7 heteroatoms. The molecule has 1 aliphatic heterocycles. The predicted molar refractivity (Wildman–Crippen MR) is 116 cm³/mol. The van der Waals surface area contributed by atoms with Crippen LogP contribution in [0.5, 0.6) is 0 Å². The van der Waals surface area contributed by atoms with E-state index >= 15 is 0 Å². The van der Waals surface area contributed by atoms with Crippen molar-refractivity contribution in [2.24, 2.45) is 0 Å². The van der Waals surface area contributed by atoms with Gasteiger partial charge in [-0.25, -0.2) is 14.4 Å². The van der Waals surface area contributed by atoms with Crippen molar-refractivity contribution in [3.8, 4) is 0 Å². The zero-order valence-corrected chi connectivity index (χ0v) is 19.1. The van der Waals surface area contributed by atoms with Crippen LogP contribution in [0.1, 0.15) is 58.9 Å². The molecule has 2 rings (SSSR count). The second kappa shape index (κ2) is 11.0. The van der Waals surface area contributed by atoms with Gasteiger partial charge in [0.15, 0.2) is 0 Å². The van der Waals surface area contributed by atoms with Gasteiger partial charge in [-0.05, 0) is 58.9 Å². The first kappa shape index (κ1) is 24.4. The van der Waals surface area contributed by atoms with Gasteiger partial charge in [0.05, 0.1) is 7.11 Å². The summed E-state index contributed by atoms with van der Waals surface area (Å²) < 4.78 is 15.8. The van der Waals surface area contributed by atoms with Gasteiger partial charge >= 0.3 is 18.0 Å². The van der Waals surface area contributed by atoms with E-state index in [9.17, 15) is 14.4 Å². The molecule has 1 saturated heterocycles. The SMILES string of the molecule is COC(=O)/C(C)=C\CC[C@@H]1CC[C@@H](C(=O)OC(C)(C)C)N1C(=O)OCc1ccccc1. The number of carbonyl (C=O) groups is 3. The quantitative estimate of drug-likeness (QED) is 0.362. The number of hydrogen-bond donors (Lipinski definition) is 0. The first-order valence-electron chi connectivity index (χ1n) is 10.6. The van der Waals surface area contributed by atoms with E-state index in [-0.39, 0.29) is 18.6 Å². The van der Waals surface area contributed by atoms with E-state index in [0.717, 1.165) is 5.56 Å². The smallest absolute Gasteiger partial charge is 0.411 e. The van der Waals surface area contributed by atoms with Crippen LogP contribution >= 0.6 is 0 Å². The molecule has 0 aliphatic carbocycles. The van der Waals surface area contributed by atoms with Crippen LogP contribution in [0.25, 0.3) is 0 Å². The van der Waals surface area contributed by atoms with Crippen LogP contribution in [0.3, 0.4) is 0 Å². The van der Waals surface area contributed by atoms with E-state index in [1.807, 2.05) is 30.3 Å².